The number of hydrogen-bond donors (Lipinski definition) is 3. The zero-order valence-corrected chi connectivity index (χ0v) is 15.2. The number of nitrogens with one attached hydrogen (secondary N) is 2. The van der Waals surface area contributed by atoms with Crippen LogP contribution in [0.15, 0.2) is 42.5 Å². The van der Waals surface area contributed by atoms with E-state index in [0.717, 1.165) is 11.4 Å². The van der Waals surface area contributed by atoms with E-state index < -0.39 is 0 Å². The second kappa shape index (κ2) is 7.74. The second-order valence-electron chi connectivity index (χ2n) is 7.06. The Labute approximate surface area is 153 Å². The molecule has 26 heavy (non-hydrogen) atoms. The third-order valence-corrected chi connectivity index (χ3v) is 4.88. The standard InChI is InChI=1S/C20H26N4O2/c1-13(2)16-8-9-17(23-16)18-10-15(12-24(18)19(25)11-21)22-20(26)14-6-4-3-5-7-14/h3-9,13,15,18,23H,10-12,21H2,1-2H3,(H,22,26). The average Bonchev–Trinajstić information content (AvgIpc) is 3.28. The molecular weight excluding hydrogens is 328 g/mol. The lowest BCUT2D eigenvalue weighted by molar-refractivity contribution is -0.130. The zero-order chi connectivity index (χ0) is 18.7. The summed E-state index contributed by atoms with van der Waals surface area (Å²) in [6, 6.07) is 13.0. The summed E-state index contributed by atoms with van der Waals surface area (Å²) >= 11 is 0. The Hall–Kier alpha value is -2.60. The van der Waals surface area contributed by atoms with Gasteiger partial charge >= 0.3 is 0 Å². The Morgan fingerprint density at radius 1 is 1.23 bits per heavy atom. The van der Waals surface area contributed by atoms with E-state index in [1.165, 1.54) is 0 Å². The highest BCUT2D eigenvalue weighted by Crippen LogP contribution is 2.32. The van der Waals surface area contributed by atoms with Gasteiger partial charge in [-0.1, -0.05) is 32.0 Å². The van der Waals surface area contributed by atoms with Gasteiger partial charge in [0.1, 0.15) is 0 Å². The van der Waals surface area contributed by atoms with Crippen LogP contribution >= 0.6 is 0 Å². The van der Waals surface area contributed by atoms with Gasteiger partial charge in [0.15, 0.2) is 0 Å². The number of nitrogens with two attached hydrogens (primary N) is 1. The van der Waals surface area contributed by atoms with Gasteiger partial charge in [-0.15, -0.1) is 0 Å². The minimum absolute atomic E-state index is 0.0341. The van der Waals surface area contributed by atoms with E-state index in [9.17, 15) is 9.59 Å². The van der Waals surface area contributed by atoms with Crippen LogP contribution in [0.2, 0.25) is 0 Å². The minimum atomic E-state index is -0.120. The number of amides is 2. The van der Waals surface area contributed by atoms with Crippen molar-refractivity contribution in [2.75, 3.05) is 13.1 Å². The van der Waals surface area contributed by atoms with E-state index in [1.807, 2.05) is 24.3 Å². The van der Waals surface area contributed by atoms with Crippen LogP contribution in [-0.4, -0.2) is 40.8 Å². The molecule has 0 saturated carbocycles. The maximum absolute atomic E-state index is 12.4. The van der Waals surface area contributed by atoms with E-state index in [0.29, 0.717) is 24.4 Å². The van der Waals surface area contributed by atoms with Gasteiger partial charge in [0.2, 0.25) is 5.91 Å². The fourth-order valence-corrected chi connectivity index (χ4v) is 3.45. The molecule has 0 aliphatic carbocycles. The molecule has 2 atom stereocenters. The summed E-state index contributed by atoms with van der Waals surface area (Å²) in [6.45, 7) is 4.68. The van der Waals surface area contributed by atoms with Crippen LogP contribution in [0.4, 0.5) is 0 Å². The molecule has 138 valence electrons. The predicted molar refractivity (Wildman–Crippen MR) is 101 cm³/mol. The average molecular weight is 354 g/mol. The molecule has 3 rings (SSSR count). The van der Waals surface area contributed by atoms with Gasteiger partial charge in [0, 0.05) is 29.5 Å². The molecule has 0 bridgehead atoms. The van der Waals surface area contributed by atoms with Crippen LogP contribution in [0.25, 0.3) is 0 Å². The summed E-state index contributed by atoms with van der Waals surface area (Å²) < 4.78 is 0. The topological polar surface area (TPSA) is 91.2 Å². The first-order chi connectivity index (χ1) is 12.5. The highest BCUT2D eigenvalue weighted by molar-refractivity contribution is 5.94. The molecule has 6 nitrogen and oxygen atoms in total. The number of carbonyl (C=O) groups excluding carboxylic acids is 2. The fraction of sp³-hybridized carbons (Fsp3) is 0.400. The van der Waals surface area contributed by atoms with Crippen molar-refractivity contribution in [3.63, 3.8) is 0 Å². The van der Waals surface area contributed by atoms with Crippen molar-refractivity contribution in [3.8, 4) is 0 Å². The quantitative estimate of drug-likeness (QED) is 0.768. The molecule has 4 N–H and O–H groups in total. The summed E-state index contributed by atoms with van der Waals surface area (Å²) in [7, 11) is 0. The van der Waals surface area contributed by atoms with E-state index in [-0.39, 0.29) is 30.4 Å². The largest absolute Gasteiger partial charge is 0.360 e. The predicted octanol–water partition coefficient (Wildman–Crippen LogP) is 2.17. The monoisotopic (exact) mass is 354 g/mol. The molecule has 2 amide bonds. The van der Waals surface area contributed by atoms with Gasteiger partial charge in [0.25, 0.3) is 5.91 Å². The van der Waals surface area contributed by atoms with Crippen LogP contribution in [0, 0.1) is 0 Å². The van der Waals surface area contributed by atoms with Gasteiger partial charge in [-0.2, -0.15) is 0 Å². The minimum Gasteiger partial charge on any atom is -0.360 e. The van der Waals surface area contributed by atoms with Crippen LogP contribution in [0.3, 0.4) is 0 Å². The highest BCUT2D eigenvalue weighted by Gasteiger charge is 2.37. The number of carbonyl (C=O) groups is 2. The summed E-state index contributed by atoms with van der Waals surface area (Å²) in [6.07, 6.45) is 0.669. The number of rotatable bonds is 5. The molecule has 1 aliphatic rings. The third kappa shape index (κ3) is 3.80. The third-order valence-electron chi connectivity index (χ3n) is 4.88. The molecule has 1 fully saturated rings. The molecule has 1 aliphatic heterocycles. The SMILES string of the molecule is CC(C)c1ccc(C2CC(NC(=O)c3ccccc3)CN2C(=O)CN)[nH]1. The molecule has 2 unspecified atom stereocenters. The molecule has 2 aromatic rings. The smallest absolute Gasteiger partial charge is 0.251 e. The fourth-order valence-electron chi connectivity index (χ4n) is 3.45. The summed E-state index contributed by atoms with van der Waals surface area (Å²) in [4.78, 5) is 29.9. The number of likely N-dealkylation sites (tertiary alicyclic amines) is 1. The van der Waals surface area contributed by atoms with Gasteiger partial charge in [-0.05, 0) is 36.6 Å². The maximum Gasteiger partial charge on any atom is 0.251 e. The van der Waals surface area contributed by atoms with E-state index >= 15 is 0 Å². The lowest BCUT2D eigenvalue weighted by Crippen LogP contribution is -2.40. The number of nitrogens with zero attached hydrogens (tertiary/aromatic N) is 1. The highest BCUT2D eigenvalue weighted by atomic mass is 16.2. The molecule has 0 radical (unpaired) electrons. The van der Waals surface area contributed by atoms with E-state index in [1.54, 1.807) is 17.0 Å². The lowest BCUT2D eigenvalue weighted by Gasteiger charge is -2.23. The van der Waals surface area contributed by atoms with Crippen LogP contribution < -0.4 is 11.1 Å². The normalized spacial score (nSPS) is 19.8. The van der Waals surface area contributed by atoms with Gasteiger partial charge < -0.3 is 20.9 Å². The summed E-state index contributed by atoms with van der Waals surface area (Å²) in [5.74, 6) is 0.162. The Bertz CT molecular complexity index is 769. The zero-order valence-electron chi connectivity index (χ0n) is 15.2. The first-order valence-corrected chi connectivity index (χ1v) is 9.03. The van der Waals surface area contributed by atoms with Crippen molar-refractivity contribution in [2.24, 2.45) is 5.73 Å². The van der Waals surface area contributed by atoms with E-state index in [2.05, 4.69) is 30.2 Å². The molecule has 0 spiro atoms. The van der Waals surface area contributed by atoms with E-state index in [4.69, 9.17) is 5.73 Å². The Morgan fingerprint density at radius 2 is 1.96 bits per heavy atom. The molecule has 6 heteroatoms. The molecule has 1 aromatic heterocycles. The summed E-state index contributed by atoms with van der Waals surface area (Å²) in [5, 5.41) is 3.05. The number of aromatic nitrogens is 1. The molecule has 1 aromatic carbocycles. The van der Waals surface area contributed by atoms with Crippen molar-refractivity contribution in [2.45, 2.75) is 38.3 Å². The Morgan fingerprint density at radius 3 is 2.58 bits per heavy atom. The Balaban J connectivity index is 1.76. The van der Waals surface area contributed by atoms with Crippen molar-refractivity contribution in [1.29, 1.82) is 0 Å². The Kier molecular flexibility index (Phi) is 5.42. The summed E-state index contributed by atoms with van der Waals surface area (Å²) in [5.41, 5.74) is 8.34. The first-order valence-electron chi connectivity index (χ1n) is 9.03. The van der Waals surface area contributed by atoms with Crippen molar-refractivity contribution < 1.29 is 9.59 Å². The van der Waals surface area contributed by atoms with Crippen LogP contribution in [-0.2, 0) is 4.79 Å². The van der Waals surface area contributed by atoms with Gasteiger partial charge in [-0.3, -0.25) is 9.59 Å². The lowest BCUT2D eigenvalue weighted by atomic mass is 10.1. The van der Waals surface area contributed by atoms with Crippen molar-refractivity contribution >= 4 is 11.8 Å². The number of hydrogen-bond acceptors (Lipinski definition) is 3. The van der Waals surface area contributed by atoms with Crippen LogP contribution in [0.5, 0.6) is 0 Å². The second-order valence-corrected chi connectivity index (χ2v) is 7.06. The van der Waals surface area contributed by atoms with Crippen LogP contribution in [0.1, 0.15) is 54.0 Å². The molecular formula is C20H26N4O2. The molecule has 2 heterocycles. The van der Waals surface area contributed by atoms with Gasteiger partial charge in [0.05, 0.1) is 12.6 Å². The first kappa shape index (κ1) is 18.2. The van der Waals surface area contributed by atoms with Crippen molar-refractivity contribution in [1.82, 2.24) is 15.2 Å². The maximum atomic E-state index is 12.4. The number of H-pyrrole nitrogens is 1. The number of aromatic amines is 1. The van der Waals surface area contributed by atoms with Crippen molar-refractivity contribution in [3.05, 3.63) is 59.4 Å². The van der Waals surface area contributed by atoms with Gasteiger partial charge in [-0.25, -0.2) is 0 Å². The molecule has 1 saturated heterocycles. The number of benzene rings is 1.